The Kier molecular flexibility index (Phi) is 7.16. The van der Waals surface area contributed by atoms with Crippen LogP contribution < -0.4 is 23.8 Å². The number of carbonyl (C=O) groups is 1. The third kappa shape index (κ3) is 6.05. The lowest BCUT2D eigenvalue weighted by molar-refractivity contribution is 0.0947. The monoisotopic (exact) mass is 496 g/mol. The first-order valence-corrected chi connectivity index (χ1v) is 13.0. The standard InChI is InChI=1S/C26H28N2O6S/c1-18-4-10-23(14-19(18)2)32-13-12-27-26(29)21-7-5-20(6-8-21)16-28(35(3,30)31)22-9-11-24-25(15-22)34-17-33-24/h4-11,14-15H,12-13,16-17H2,1-3H3,(H,27,29). The van der Waals surface area contributed by atoms with E-state index in [0.717, 1.165) is 23.1 Å². The molecule has 35 heavy (non-hydrogen) atoms. The Morgan fingerprint density at radius 3 is 2.43 bits per heavy atom. The zero-order chi connectivity index (χ0) is 25.0. The third-order valence-electron chi connectivity index (χ3n) is 5.72. The molecular weight excluding hydrogens is 468 g/mol. The Morgan fingerprint density at radius 2 is 1.71 bits per heavy atom. The van der Waals surface area contributed by atoms with Gasteiger partial charge in [0.25, 0.3) is 5.91 Å². The molecule has 0 bridgehead atoms. The van der Waals surface area contributed by atoms with Gasteiger partial charge in [-0.1, -0.05) is 18.2 Å². The van der Waals surface area contributed by atoms with Gasteiger partial charge in [0.1, 0.15) is 12.4 Å². The van der Waals surface area contributed by atoms with E-state index in [9.17, 15) is 13.2 Å². The minimum atomic E-state index is -3.56. The van der Waals surface area contributed by atoms with Gasteiger partial charge in [-0.25, -0.2) is 8.42 Å². The van der Waals surface area contributed by atoms with Crippen molar-refractivity contribution < 1.29 is 27.4 Å². The molecule has 3 aromatic carbocycles. The molecule has 8 nitrogen and oxygen atoms in total. The second-order valence-corrected chi connectivity index (χ2v) is 10.3. The average Bonchev–Trinajstić information content (AvgIpc) is 3.30. The number of fused-ring (bicyclic) bond motifs is 1. The summed E-state index contributed by atoms with van der Waals surface area (Å²) >= 11 is 0. The van der Waals surface area contributed by atoms with Crippen molar-refractivity contribution in [2.24, 2.45) is 0 Å². The number of rotatable bonds is 9. The van der Waals surface area contributed by atoms with Crippen molar-refractivity contribution >= 4 is 21.6 Å². The predicted molar refractivity (Wildman–Crippen MR) is 134 cm³/mol. The lowest BCUT2D eigenvalue weighted by atomic mass is 10.1. The molecule has 0 atom stereocenters. The molecule has 9 heteroatoms. The van der Waals surface area contributed by atoms with E-state index < -0.39 is 10.0 Å². The fourth-order valence-electron chi connectivity index (χ4n) is 3.61. The molecule has 1 aliphatic rings. The summed E-state index contributed by atoms with van der Waals surface area (Å²) in [6.07, 6.45) is 1.15. The summed E-state index contributed by atoms with van der Waals surface area (Å²) in [7, 11) is -3.56. The summed E-state index contributed by atoms with van der Waals surface area (Å²) in [5.74, 6) is 1.63. The summed E-state index contributed by atoms with van der Waals surface area (Å²) in [4.78, 5) is 12.5. The van der Waals surface area contributed by atoms with Crippen molar-refractivity contribution in [1.82, 2.24) is 5.32 Å². The number of nitrogens with one attached hydrogen (secondary N) is 1. The first-order chi connectivity index (χ1) is 16.7. The molecule has 0 spiro atoms. The first kappa shape index (κ1) is 24.4. The SMILES string of the molecule is Cc1ccc(OCCNC(=O)c2ccc(CN(c3ccc4c(c3)OCO4)S(C)(=O)=O)cc2)cc1C. The number of hydrogen-bond acceptors (Lipinski definition) is 6. The Labute approximate surface area is 205 Å². The molecule has 184 valence electrons. The maximum absolute atomic E-state index is 12.5. The molecule has 0 radical (unpaired) electrons. The lowest BCUT2D eigenvalue weighted by Crippen LogP contribution is -2.29. The minimum Gasteiger partial charge on any atom is -0.492 e. The summed E-state index contributed by atoms with van der Waals surface area (Å²) < 4.78 is 42.6. The topological polar surface area (TPSA) is 94.2 Å². The second kappa shape index (κ2) is 10.3. The zero-order valence-corrected chi connectivity index (χ0v) is 20.7. The summed E-state index contributed by atoms with van der Waals surface area (Å²) in [6.45, 7) is 5.01. The smallest absolute Gasteiger partial charge is 0.251 e. The van der Waals surface area contributed by atoms with Crippen molar-refractivity contribution in [1.29, 1.82) is 0 Å². The Hall–Kier alpha value is -3.72. The highest BCUT2D eigenvalue weighted by molar-refractivity contribution is 7.92. The van der Waals surface area contributed by atoms with Crippen molar-refractivity contribution in [3.8, 4) is 17.2 Å². The number of amides is 1. The van der Waals surface area contributed by atoms with Gasteiger partial charge in [-0.3, -0.25) is 9.10 Å². The second-order valence-electron chi connectivity index (χ2n) is 8.35. The molecule has 0 unspecified atom stereocenters. The number of carbonyl (C=O) groups excluding carboxylic acids is 1. The van der Waals surface area contributed by atoms with Crippen LogP contribution in [0.15, 0.2) is 60.7 Å². The summed E-state index contributed by atoms with van der Waals surface area (Å²) in [6, 6.07) is 17.7. The fourth-order valence-corrected chi connectivity index (χ4v) is 4.49. The first-order valence-electron chi connectivity index (χ1n) is 11.2. The van der Waals surface area contributed by atoms with E-state index in [2.05, 4.69) is 5.32 Å². The molecule has 1 aliphatic heterocycles. The van der Waals surface area contributed by atoms with Gasteiger partial charge in [0.05, 0.1) is 25.0 Å². The number of sulfonamides is 1. The van der Waals surface area contributed by atoms with Gasteiger partial charge in [0, 0.05) is 11.6 Å². The van der Waals surface area contributed by atoms with Gasteiger partial charge in [-0.05, 0) is 66.9 Å². The molecule has 3 aromatic rings. The van der Waals surface area contributed by atoms with E-state index in [1.807, 2.05) is 32.0 Å². The van der Waals surface area contributed by atoms with Crippen LogP contribution in [0, 0.1) is 13.8 Å². The Bertz CT molecular complexity index is 1320. The van der Waals surface area contributed by atoms with E-state index in [0.29, 0.717) is 35.9 Å². The molecule has 0 fully saturated rings. The number of anilines is 1. The van der Waals surface area contributed by atoms with E-state index in [4.69, 9.17) is 14.2 Å². The summed E-state index contributed by atoms with van der Waals surface area (Å²) in [5, 5.41) is 2.83. The van der Waals surface area contributed by atoms with E-state index in [1.165, 1.54) is 9.87 Å². The van der Waals surface area contributed by atoms with Gasteiger partial charge < -0.3 is 19.5 Å². The van der Waals surface area contributed by atoms with Crippen LogP contribution in [0.5, 0.6) is 17.2 Å². The van der Waals surface area contributed by atoms with E-state index in [1.54, 1.807) is 42.5 Å². The van der Waals surface area contributed by atoms with E-state index >= 15 is 0 Å². The maximum atomic E-state index is 12.5. The van der Waals surface area contributed by atoms with Crippen LogP contribution in [0.25, 0.3) is 0 Å². The van der Waals surface area contributed by atoms with Gasteiger partial charge in [-0.2, -0.15) is 0 Å². The number of benzene rings is 3. The highest BCUT2D eigenvalue weighted by Crippen LogP contribution is 2.36. The third-order valence-corrected chi connectivity index (χ3v) is 6.86. The number of aryl methyl sites for hydroxylation is 2. The molecule has 0 aliphatic carbocycles. The van der Waals surface area contributed by atoms with Gasteiger partial charge in [0.15, 0.2) is 11.5 Å². The summed E-state index contributed by atoms with van der Waals surface area (Å²) in [5.41, 5.74) is 4.04. The molecule has 0 saturated heterocycles. The molecule has 0 saturated carbocycles. The average molecular weight is 497 g/mol. The molecular formula is C26H28N2O6S. The van der Waals surface area contributed by atoms with Crippen LogP contribution in [-0.2, 0) is 16.6 Å². The molecule has 0 aromatic heterocycles. The van der Waals surface area contributed by atoms with E-state index in [-0.39, 0.29) is 19.2 Å². The largest absolute Gasteiger partial charge is 0.492 e. The number of ether oxygens (including phenoxy) is 3. The van der Waals surface area contributed by atoms with Crippen molar-refractivity contribution in [3.05, 3.63) is 82.9 Å². The Balaban J connectivity index is 1.34. The minimum absolute atomic E-state index is 0.110. The molecule has 4 rings (SSSR count). The quantitative estimate of drug-likeness (QED) is 0.453. The van der Waals surface area contributed by atoms with Crippen molar-refractivity contribution in [3.63, 3.8) is 0 Å². The van der Waals surface area contributed by atoms with Crippen LogP contribution in [-0.4, -0.2) is 40.5 Å². The van der Waals surface area contributed by atoms with Crippen LogP contribution in [0.4, 0.5) is 5.69 Å². The fraction of sp³-hybridized carbons (Fsp3) is 0.269. The van der Waals surface area contributed by atoms with Crippen LogP contribution in [0.1, 0.15) is 27.0 Å². The lowest BCUT2D eigenvalue weighted by Gasteiger charge is -2.23. The highest BCUT2D eigenvalue weighted by Gasteiger charge is 2.22. The molecule has 1 heterocycles. The van der Waals surface area contributed by atoms with Crippen LogP contribution in [0.2, 0.25) is 0 Å². The number of nitrogens with zero attached hydrogens (tertiary/aromatic N) is 1. The van der Waals surface area contributed by atoms with Crippen molar-refractivity contribution in [2.45, 2.75) is 20.4 Å². The Morgan fingerprint density at radius 1 is 0.971 bits per heavy atom. The van der Waals surface area contributed by atoms with Gasteiger partial charge in [0.2, 0.25) is 16.8 Å². The van der Waals surface area contributed by atoms with Gasteiger partial charge in [-0.15, -0.1) is 0 Å². The zero-order valence-electron chi connectivity index (χ0n) is 19.9. The predicted octanol–water partition coefficient (Wildman–Crippen LogP) is 3.81. The normalized spacial score (nSPS) is 12.3. The molecule has 1 amide bonds. The molecule has 1 N–H and O–H groups in total. The van der Waals surface area contributed by atoms with Crippen LogP contribution >= 0.6 is 0 Å². The highest BCUT2D eigenvalue weighted by atomic mass is 32.2. The van der Waals surface area contributed by atoms with Gasteiger partial charge >= 0.3 is 0 Å². The maximum Gasteiger partial charge on any atom is 0.251 e. The van der Waals surface area contributed by atoms with Crippen molar-refractivity contribution in [2.75, 3.05) is 30.5 Å². The van der Waals surface area contributed by atoms with Crippen LogP contribution in [0.3, 0.4) is 0 Å². The number of hydrogen-bond donors (Lipinski definition) is 1.